The number of nitrogens with one attached hydrogen (secondary N) is 1. The van der Waals surface area contributed by atoms with Gasteiger partial charge >= 0.3 is 0 Å². The van der Waals surface area contributed by atoms with Crippen molar-refractivity contribution in [2.24, 2.45) is 0 Å². The van der Waals surface area contributed by atoms with E-state index in [0.29, 0.717) is 0 Å². The molecule has 0 bridgehead atoms. The lowest BCUT2D eigenvalue weighted by Crippen LogP contribution is -2.28. The lowest BCUT2D eigenvalue weighted by molar-refractivity contribution is 0.556. The van der Waals surface area contributed by atoms with Gasteiger partial charge in [-0.05, 0) is 31.0 Å². The Hall–Kier alpha value is -1.96. The molecule has 0 aliphatic rings. The summed E-state index contributed by atoms with van der Waals surface area (Å²) in [4.78, 5) is 0. The molecule has 0 spiro atoms. The largest absolute Gasteiger partial charge is 0.397 e. The van der Waals surface area contributed by atoms with Crippen LogP contribution in [-0.4, -0.2) is 6.54 Å². The van der Waals surface area contributed by atoms with Crippen LogP contribution in [0.1, 0.15) is 30.5 Å². The number of nitrogen functional groups attached to an aromatic ring is 1. The van der Waals surface area contributed by atoms with Crippen molar-refractivity contribution in [3.05, 3.63) is 59.2 Å². The van der Waals surface area contributed by atoms with Crippen LogP contribution < -0.4 is 11.1 Å². The number of aryl methyl sites for hydroxylation is 2. The molecule has 0 amide bonds. The molecular weight excluding hydrogens is 244 g/mol. The van der Waals surface area contributed by atoms with Crippen LogP contribution in [0.3, 0.4) is 0 Å². The molecule has 2 aromatic rings. The zero-order valence-electron chi connectivity index (χ0n) is 12.8. The highest BCUT2D eigenvalue weighted by molar-refractivity contribution is 5.70. The molecule has 0 heterocycles. The molecule has 0 aromatic heterocycles. The number of hydrogen-bond acceptors (Lipinski definition) is 2. The van der Waals surface area contributed by atoms with Crippen LogP contribution in [0.4, 0.5) is 11.4 Å². The van der Waals surface area contributed by atoms with Crippen molar-refractivity contribution in [3.8, 4) is 0 Å². The van der Waals surface area contributed by atoms with E-state index in [0.717, 1.165) is 17.9 Å². The van der Waals surface area contributed by atoms with Gasteiger partial charge < -0.3 is 11.1 Å². The highest BCUT2D eigenvalue weighted by atomic mass is 14.9. The third-order valence-electron chi connectivity index (χ3n) is 3.81. The Morgan fingerprint density at radius 1 is 1.05 bits per heavy atom. The molecule has 106 valence electrons. The minimum absolute atomic E-state index is 0.0563. The van der Waals surface area contributed by atoms with Gasteiger partial charge in [-0.1, -0.05) is 55.8 Å². The second-order valence-corrected chi connectivity index (χ2v) is 6.15. The van der Waals surface area contributed by atoms with Crippen LogP contribution in [0.25, 0.3) is 0 Å². The first-order chi connectivity index (χ1) is 9.40. The molecule has 0 radical (unpaired) electrons. The van der Waals surface area contributed by atoms with Gasteiger partial charge in [0.1, 0.15) is 0 Å². The first-order valence-electron chi connectivity index (χ1n) is 7.06. The Kier molecular flexibility index (Phi) is 4.03. The van der Waals surface area contributed by atoms with Gasteiger partial charge in [0, 0.05) is 12.0 Å². The van der Waals surface area contributed by atoms with Crippen LogP contribution in [0, 0.1) is 13.8 Å². The summed E-state index contributed by atoms with van der Waals surface area (Å²) >= 11 is 0. The zero-order chi connectivity index (χ0) is 14.8. The minimum Gasteiger partial charge on any atom is -0.397 e. The second kappa shape index (κ2) is 5.58. The van der Waals surface area contributed by atoms with Crippen LogP contribution in [0.5, 0.6) is 0 Å². The Morgan fingerprint density at radius 2 is 1.75 bits per heavy atom. The zero-order valence-corrected chi connectivity index (χ0v) is 12.8. The number of rotatable bonds is 4. The Labute approximate surface area is 122 Å². The van der Waals surface area contributed by atoms with Gasteiger partial charge in [0.15, 0.2) is 0 Å². The second-order valence-electron chi connectivity index (χ2n) is 6.15. The Bertz CT molecular complexity index is 580. The fraction of sp³-hybridized carbons (Fsp3) is 0.333. The van der Waals surface area contributed by atoms with Crippen molar-refractivity contribution in [1.29, 1.82) is 0 Å². The maximum absolute atomic E-state index is 6.05. The minimum atomic E-state index is 0.0563. The van der Waals surface area contributed by atoms with Gasteiger partial charge in [-0.15, -0.1) is 0 Å². The maximum atomic E-state index is 6.05. The monoisotopic (exact) mass is 268 g/mol. The maximum Gasteiger partial charge on any atom is 0.0603 e. The predicted octanol–water partition coefficient (Wildman–Crippen LogP) is 4.28. The summed E-state index contributed by atoms with van der Waals surface area (Å²) in [7, 11) is 0. The molecule has 0 atom stereocenters. The number of anilines is 2. The van der Waals surface area contributed by atoms with E-state index in [1.165, 1.54) is 16.7 Å². The van der Waals surface area contributed by atoms with Crippen LogP contribution in [-0.2, 0) is 5.41 Å². The molecule has 2 heteroatoms. The van der Waals surface area contributed by atoms with E-state index >= 15 is 0 Å². The van der Waals surface area contributed by atoms with Crippen molar-refractivity contribution in [2.75, 3.05) is 17.6 Å². The lowest BCUT2D eigenvalue weighted by atomic mass is 9.84. The molecule has 2 aromatic carbocycles. The number of hydrogen-bond donors (Lipinski definition) is 2. The summed E-state index contributed by atoms with van der Waals surface area (Å²) in [5.41, 5.74) is 11.8. The van der Waals surface area contributed by atoms with Crippen molar-refractivity contribution < 1.29 is 0 Å². The van der Waals surface area contributed by atoms with E-state index in [1.54, 1.807) is 0 Å². The van der Waals surface area contributed by atoms with Crippen molar-refractivity contribution in [2.45, 2.75) is 33.1 Å². The van der Waals surface area contributed by atoms with Gasteiger partial charge in [0.25, 0.3) is 0 Å². The fourth-order valence-electron chi connectivity index (χ4n) is 2.41. The van der Waals surface area contributed by atoms with E-state index < -0.39 is 0 Å². The van der Waals surface area contributed by atoms with Crippen LogP contribution in [0.15, 0.2) is 42.5 Å². The molecule has 2 nitrogen and oxygen atoms in total. The van der Waals surface area contributed by atoms with Gasteiger partial charge in [-0.25, -0.2) is 0 Å². The van der Waals surface area contributed by atoms with Crippen molar-refractivity contribution >= 4 is 11.4 Å². The molecule has 0 saturated carbocycles. The summed E-state index contributed by atoms with van der Waals surface area (Å²) in [5.74, 6) is 0. The van der Waals surface area contributed by atoms with Crippen LogP contribution in [0.2, 0.25) is 0 Å². The average molecular weight is 268 g/mol. The summed E-state index contributed by atoms with van der Waals surface area (Å²) in [6.07, 6.45) is 0. The standard InChI is InChI=1S/C18H24N2/c1-13-7-5-9-15(11-13)18(3,4)12-20-17-14(2)8-6-10-16(17)19/h5-11,20H,12,19H2,1-4H3. The van der Waals surface area contributed by atoms with Gasteiger partial charge in [0.05, 0.1) is 11.4 Å². The normalized spacial score (nSPS) is 11.4. The third kappa shape index (κ3) is 3.13. The van der Waals surface area contributed by atoms with Gasteiger partial charge in [-0.3, -0.25) is 0 Å². The van der Waals surface area contributed by atoms with Gasteiger partial charge in [-0.2, -0.15) is 0 Å². The van der Waals surface area contributed by atoms with E-state index in [2.05, 4.69) is 63.3 Å². The van der Waals surface area contributed by atoms with E-state index in [4.69, 9.17) is 5.73 Å². The molecule has 2 rings (SSSR count). The molecule has 0 saturated heterocycles. The fourth-order valence-corrected chi connectivity index (χ4v) is 2.41. The van der Waals surface area contributed by atoms with Gasteiger partial charge in [0.2, 0.25) is 0 Å². The molecular formula is C18H24N2. The Morgan fingerprint density at radius 3 is 2.40 bits per heavy atom. The molecule has 20 heavy (non-hydrogen) atoms. The summed E-state index contributed by atoms with van der Waals surface area (Å²) in [6.45, 7) is 9.57. The molecule has 0 aliphatic heterocycles. The lowest BCUT2D eigenvalue weighted by Gasteiger charge is -2.27. The van der Waals surface area contributed by atoms with Crippen molar-refractivity contribution in [1.82, 2.24) is 0 Å². The highest BCUT2D eigenvalue weighted by Crippen LogP contribution is 2.27. The number of benzene rings is 2. The van der Waals surface area contributed by atoms with Crippen LogP contribution >= 0.6 is 0 Å². The molecule has 0 fully saturated rings. The van der Waals surface area contributed by atoms with E-state index in [9.17, 15) is 0 Å². The summed E-state index contributed by atoms with van der Waals surface area (Å²) < 4.78 is 0. The number of para-hydroxylation sites is 1. The smallest absolute Gasteiger partial charge is 0.0603 e. The summed E-state index contributed by atoms with van der Waals surface area (Å²) in [6, 6.07) is 14.7. The first kappa shape index (κ1) is 14.4. The molecule has 0 aliphatic carbocycles. The first-order valence-corrected chi connectivity index (χ1v) is 7.06. The molecule has 3 N–H and O–H groups in total. The summed E-state index contributed by atoms with van der Waals surface area (Å²) in [5, 5.41) is 3.51. The van der Waals surface area contributed by atoms with E-state index in [1.807, 2.05) is 12.1 Å². The highest BCUT2D eigenvalue weighted by Gasteiger charge is 2.21. The topological polar surface area (TPSA) is 38.0 Å². The SMILES string of the molecule is Cc1cccc(C(C)(C)CNc2c(C)cccc2N)c1. The Balaban J connectivity index is 2.17. The predicted molar refractivity (Wildman–Crippen MR) is 88.3 cm³/mol. The quantitative estimate of drug-likeness (QED) is 0.812. The third-order valence-corrected chi connectivity index (χ3v) is 3.81. The molecule has 0 unspecified atom stereocenters. The number of nitrogens with two attached hydrogens (primary N) is 1. The average Bonchev–Trinajstić information content (AvgIpc) is 2.38. The van der Waals surface area contributed by atoms with E-state index in [-0.39, 0.29) is 5.41 Å². The van der Waals surface area contributed by atoms with Crippen molar-refractivity contribution in [3.63, 3.8) is 0 Å².